The number of nitrogens with one attached hydrogen (secondary N) is 4. The van der Waals surface area contributed by atoms with E-state index in [1.165, 1.54) is 0 Å². The number of rotatable bonds is 9. The highest BCUT2D eigenvalue weighted by molar-refractivity contribution is 7.98. The van der Waals surface area contributed by atoms with Crippen LogP contribution in [-0.4, -0.2) is 44.8 Å². The molecule has 2 amide bonds. The van der Waals surface area contributed by atoms with Crippen molar-refractivity contribution in [2.75, 3.05) is 18.8 Å². The summed E-state index contributed by atoms with van der Waals surface area (Å²) in [5.74, 6) is 1.73. The van der Waals surface area contributed by atoms with Gasteiger partial charge in [0.2, 0.25) is 0 Å². The summed E-state index contributed by atoms with van der Waals surface area (Å²) >= 11 is 1.76. The number of H-pyrrole nitrogens is 2. The average molecular weight is 322 g/mol. The molecule has 7 nitrogen and oxygen atoms in total. The molecule has 0 aliphatic heterocycles. The molecule has 0 aliphatic carbocycles. The van der Waals surface area contributed by atoms with Crippen LogP contribution in [0.3, 0.4) is 0 Å². The third kappa shape index (κ3) is 5.80. The molecule has 0 saturated heterocycles. The number of amides is 2. The van der Waals surface area contributed by atoms with Crippen LogP contribution in [0.5, 0.6) is 0 Å². The number of thioether (sulfide) groups is 1. The number of hydrogen-bond acceptors (Lipinski definition) is 4. The predicted octanol–water partition coefficient (Wildman–Crippen LogP) is 1.61. The summed E-state index contributed by atoms with van der Waals surface area (Å²) in [7, 11) is 0. The van der Waals surface area contributed by atoms with Crippen LogP contribution in [0, 0.1) is 6.92 Å². The van der Waals surface area contributed by atoms with Gasteiger partial charge >= 0.3 is 6.03 Å². The van der Waals surface area contributed by atoms with Crippen molar-refractivity contribution in [3.63, 3.8) is 0 Å². The van der Waals surface area contributed by atoms with Gasteiger partial charge in [0.15, 0.2) is 0 Å². The average Bonchev–Trinajstić information content (AvgIpc) is 3.15. The third-order valence-corrected chi connectivity index (χ3v) is 4.14. The minimum atomic E-state index is -0.110. The van der Waals surface area contributed by atoms with E-state index in [4.69, 9.17) is 0 Å². The molecule has 8 heteroatoms. The monoisotopic (exact) mass is 322 g/mol. The first-order chi connectivity index (χ1) is 10.8. The molecule has 2 aromatic rings. The molecule has 0 radical (unpaired) electrons. The zero-order valence-electron chi connectivity index (χ0n) is 12.7. The lowest BCUT2D eigenvalue weighted by Crippen LogP contribution is -2.37. The van der Waals surface area contributed by atoms with Crippen LogP contribution in [0.15, 0.2) is 18.9 Å². The van der Waals surface area contributed by atoms with Gasteiger partial charge in [0.1, 0.15) is 0 Å². The second-order valence-electron chi connectivity index (χ2n) is 4.89. The lowest BCUT2D eigenvalue weighted by atomic mass is 10.2. The summed E-state index contributed by atoms with van der Waals surface area (Å²) in [6.07, 6.45) is 6.96. The fourth-order valence-corrected chi connectivity index (χ4v) is 2.78. The summed E-state index contributed by atoms with van der Waals surface area (Å²) in [4.78, 5) is 25.9. The van der Waals surface area contributed by atoms with E-state index in [0.717, 1.165) is 41.4 Å². The van der Waals surface area contributed by atoms with Gasteiger partial charge in [-0.1, -0.05) is 0 Å². The molecule has 0 fully saturated rings. The quantitative estimate of drug-likeness (QED) is 0.527. The fourth-order valence-electron chi connectivity index (χ4n) is 1.90. The van der Waals surface area contributed by atoms with Crippen LogP contribution in [0.2, 0.25) is 0 Å². The standard InChI is InChI=1S/C14H22N6OS/c1-11-13(20-10-18-11)8-22-6-5-17-14(21)16-4-2-3-12-7-15-9-19-12/h7,9-10H,2-6,8H2,1H3,(H,15,19)(H,18,20)(H2,16,17,21). The van der Waals surface area contributed by atoms with Crippen molar-refractivity contribution < 1.29 is 4.79 Å². The van der Waals surface area contributed by atoms with Crippen molar-refractivity contribution in [3.05, 3.63) is 35.9 Å². The molecule has 2 heterocycles. The van der Waals surface area contributed by atoms with E-state index in [2.05, 4.69) is 30.6 Å². The first-order valence-electron chi connectivity index (χ1n) is 7.31. The summed E-state index contributed by atoms with van der Waals surface area (Å²) in [5.41, 5.74) is 3.27. The van der Waals surface area contributed by atoms with Gasteiger partial charge in [-0.25, -0.2) is 14.8 Å². The highest BCUT2D eigenvalue weighted by atomic mass is 32.2. The van der Waals surface area contributed by atoms with Crippen LogP contribution >= 0.6 is 11.8 Å². The zero-order chi connectivity index (χ0) is 15.6. The number of carbonyl (C=O) groups excluding carboxylic acids is 1. The molecule has 120 valence electrons. The first kappa shape index (κ1) is 16.4. The molecule has 0 saturated carbocycles. The van der Waals surface area contributed by atoms with Gasteiger partial charge in [0, 0.05) is 42.2 Å². The van der Waals surface area contributed by atoms with Crippen molar-refractivity contribution in [2.24, 2.45) is 0 Å². The first-order valence-corrected chi connectivity index (χ1v) is 8.46. The van der Waals surface area contributed by atoms with Crippen molar-refractivity contribution in [2.45, 2.75) is 25.5 Å². The number of urea groups is 1. The third-order valence-electron chi connectivity index (χ3n) is 3.17. The highest BCUT2D eigenvalue weighted by Crippen LogP contribution is 2.11. The van der Waals surface area contributed by atoms with Gasteiger partial charge in [-0.3, -0.25) is 0 Å². The largest absolute Gasteiger partial charge is 0.348 e. The van der Waals surface area contributed by atoms with Crippen molar-refractivity contribution >= 4 is 17.8 Å². The lowest BCUT2D eigenvalue weighted by Gasteiger charge is -2.07. The molecule has 0 spiro atoms. The number of carbonyl (C=O) groups is 1. The minimum absolute atomic E-state index is 0.110. The Bertz CT molecular complexity index is 553. The fraction of sp³-hybridized carbons (Fsp3) is 0.500. The van der Waals surface area contributed by atoms with Gasteiger partial charge in [0.05, 0.1) is 18.3 Å². The Balaban J connectivity index is 1.45. The van der Waals surface area contributed by atoms with Crippen molar-refractivity contribution in [3.8, 4) is 0 Å². The molecule has 4 N–H and O–H groups in total. The molecule has 0 atom stereocenters. The number of aromatic nitrogens is 4. The maximum Gasteiger partial charge on any atom is 0.314 e. The van der Waals surface area contributed by atoms with E-state index < -0.39 is 0 Å². The van der Waals surface area contributed by atoms with E-state index in [9.17, 15) is 4.79 Å². The van der Waals surface area contributed by atoms with E-state index in [-0.39, 0.29) is 6.03 Å². The normalized spacial score (nSPS) is 10.6. The van der Waals surface area contributed by atoms with E-state index in [1.807, 2.05) is 6.92 Å². The Hall–Kier alpha value is -1.96. The van der Waals surface area contributed by atoms with Gasteiger partial charge < -0.3 is 20.6 Å². The van der Waals surface area contributed by atoms with Gasteiger partial charge in [-0.05, 0) is 19.8 Å². The number of aryl methyl sites for hydroxylation is 2. The Labute approximate surface area is 134 Å². The van der Waals surface area contributed by atoms with Crippen LogP contribution in [0.4, 0.5) is 4.79 Å². The van der Waals surface area contributed by atoms with Crippen molar-refractivity contribution in [1.29, 1.82) is 0 Å². The van der Waals surface area contributed by atoms with Crippen LogP contribution < -0.4 is 10.6 Å². The molecule has 22 heavy (non-hydrogen) atoms. The van der Waals surface area contributed by atoms with Crippen LogP contribution in [0.1, 0.15) is 23.5 Å². The number of hydrogen-bond donors (Lipinski definition) is 4. The Morgan fingerprint density at radius 2 is 2.14 bits per heavy atom. The van der Waals surface area contributed by atoms with Gasteiger partial charge in [-0.2, -0.15) is 11.8 Å². The molecular formula is C14H22N6OS. The minimum Gasteiger partial charge on any atom is -0.348 e. The summed E-state index contributed by atoms with van der Waals surface area (Å²) in [5, 5.41) is 5.70. The zero-order valence-corrected chi connectivity index (χ0v) is 13.5. The van der Waals surface area contributed by atoms with Gasteiger partial charge in [-0.15, -0.1) is 0 Å². The molecule has 0 unspecified atom stereocenters. The summed E-state index contributed by atoms with van der Waals surface area (Å²) in [6, 6.07) is -0.110. The molecule has 2 rings (SSSR count). The number of nitrogens with zero attached hydrogens (tertiary/aromatic N) is 2. The smallest absolute Gasteiger partial charge is 0.314 e. The van der Waals surface area contributed by atoms with Crippen LogP contribution in [0.25, 0.3) is 0 Å². The Kier molecular flexibility index (Phi) is 6.82. The number of imidazole rings is 2. The predicted molar refractivity (Wildman–Crippen MR) is 87.8 cm³/mol. The topological polar surface area (TPSA) is 98.5 Å². The Morgan fingerprint density at radius 3 is 2.86 bits per heavy atom. The molecule has 0 bridgehead atoms. The highest BCUT2D eigenvalue weighted by Gasteiger charge is 2.02. The van der Waals surface area contributed by atoms with E-state index in [1.54, 1.807) is 30.6 Å². The summed E-state index contributed by atoms with van der Waals surface area (Å²) < 4.78 is 0. The van der Waals surface area contributed by atoms with Crippen molar-refractivity contribution in [1.82, 2.24) is 30.6 Å². The SMILES string of the molecule is Cc1[nH]cnc1CSCCNC(=O)NCCCc1cnc[nH]1. The summed E-state index contributed by atoms with van der Waals surface area (Å²) in [6.45, 7) is 3.32. The van der Waals surface area contributed by atoms with Crippen LogP contribution in [-0.2, 0) is 12.2 Å². The molecule has 2 aromatic heterocycles. The second kappa shape index (κ2) is 9.14. The Morgan fingerprint density at radius 1 is 1.27 bits per heavy atom. The lowest BCUT2D eigenvalue weighted by molar-refractivity contribution is 0.241. The second-order valence-corrected chi connectivity index (χ2v) is 6.00. The maximum atomic E-state index is 11.6. The number of aromatic amines is 2. The molecular weight excluding hydrogens is 300 g/mol. The van der Waals surface area contributed by atoms with E-state index >= 15 is 0 Å². The molecule has 0 aliphatic rings. The maximum absolute atomic E-state index is 11.6. The molecule has 0 aromatic carbocycles. The van der Waals surface area contributed by atoms with Gasteiger partial charge in [0.25, 0.3) is 0 Å². The van der Waals surface area contributed by atoms with E-state index in [0.29, 0.717) is 13.1 Å².